The number of fused-ring (bicyclic) bond motifs is 1. The number of hydrogen-bond acceptors (Lipinski definition) is 2. The minimum atomic E-state index is 0.368. The van der Waals surface area contributed by atoms with Crippen molar-refractivity contribution in [1.29, 1.82) is 0 Å². The Morgan fingerprint density at radius 3 is 2.81 bits per heavy atom. The first-order valence-electron chi connectivity index (χ1n) is 6.33. The smallest absolute Gasteiger partial charge is 0.0354 e. The SMILES string of the molecule is CC1CN(C2CCc3ccccc32)CC1N. The number of aryl methyl sites for hydroxylation is 1. The molecule has 1 aromatic carbocycles. The molecule has 0 radical (unpaired) electrons. The van der Waals surface area contributed by atoms with Gasteiger partial charge < -0.3 is 5.73 Å². The second-order valence-corrected chi connectivity index (χ2v) is 5.35. The maximum atomic E-state index is 6.11. The van der Waals surface area contributed by atoms with Crippen molar-refractivity contribution in [2.24, 2.45) is 11.7 Å². The fourth-order valence-electron chi connectivity index (χ4n) is 3.20. The number of hydrogen-bond donors (Lipinski definition) is 1. The van der Waals surface area contributed by atoms with Gasteiger partial charge in [-0.15, -0.1) is 0 Å². The quantitative estimate of drug-likeness (QED) is 0.777. The van der Waals surface area contributed by atoms with Gasteiger partial charge in [-0.05, 0) is 29.9 Å². The molecule has 1 saturated heterocycles. The summed E-state index contributed by atoms with van der Waals surface area (Å²) >= 11 is 0. The van der Waals surface area contributed by atoms with Crippen molar-refractivity contribution in [3.05, 3.63) is 35.4 Å². The second kappa shape index (κ2) is 3.86. The first-order valence-corrected chi connectivity index (χ1v) is 6.33. The third-order valence-electron chi connectivity index (χ3n) is 4.24. The van der Waals surface area contributed by atoms with Gasteiger partial charge in [0.25, 0.3) is 0 Å². The molecule has 1 heterocycles. The molecule has 1 fully saturated rings. The highest BCUT2D eigenvalue weighted by Gasteiger charge is 2.34. The van der Waals surface area contributed by atoms with Crippen molar-refractivity contribution < 1.29 is 0 Å². The Morgan fingerprint density at radius 2 is 2.06 bits per heavy atom. The van der Waals surface area contributed by atoms with Crippen LogP contribution >= 0.6 is 0 Å². The minimum absolute atomic E-state index is 0.368. The molecular weight excluding hydrogens is 196 g/mol. The summed E-state index contributed by atoms with van der Waals surface area (Å²) in [5, 5.41) is 0. The van der Waals surface area contributed by atoms with E-state index in [0.29, 0.717) is 18.0 Å². The van der Waals surface area contributed by atoms with Gasteiger partial charge in [0.2, 0.25) is 0 Å². The van der Waals surface area contributed by atoms with Crippen LogP contribution in [0.5, 0.6) is 0 Å². The van der Waals surface area contributed by atoms with Gasteiger partial charge >= 0.3 is 0 Å². The molecule has 2 nitrogen and oxygen atoms in total. The van der Waals surface area contributed by atoms with Gasteiger partial charge in [-0.3, -0.25) is 4.90 Å². The lowest BCUT2D eigenvalue weighted by Crippen LogP contribution is -2.30. The van der Waals surface area contributed by atoms with Crippen LogP contribution in [0.3, 0.4) is 0 Å². The Hall–Kier alpha value is -0.860. The van der Waals surface area contributed by atoms with Crippen molar-refractivity contribution in [3.8, 4) is 0 Å². The summed E-state index contributed by atoms with van der Waals surface area (Å²) in [6.07, 6.45) is 2.51. The predicted octanol–water partition coefficient (Wildman–Crippen LogP) is 1.95. The fraction of sp³-hybridized carbons (Fsp3) is 0.571. The van der Waals surface area contributed by atoms with E-state index in [-0.39, 0.29) is 0 Å². The summed E-state index contributed by atoms with van der Waals surface area (Å²) < 4.78 is 0. The molecule has 0 amide bonds. The van der Waals surface area contributed by atoms with E-state index in [2.05, 4.69) is 36.1 Å². The molecule has 2 aliphatic rings. The van der Waals surface area contributed by atoms with Crippen LogP contribution < -0.4 is 5.73 Å². The molecule has 2 heteroatoms. The van der Waals surface area contributed by atoms with Gasteiger partial charge in [0.15, 0.2) is 0 Å². The first-order chi connectivity index (χ1) is 7.75. The molecule has 1 aliphatic carbocycles. The molecule has 86 valence electrons. The second-order valence-electron chi connectivity index (χ2n) is 5.35. The fourth-order valence-corrected chi connectivity index (χ4v) is 3.20. The number of nitrogens with zero attached hydrogens (tertiary/aromatic N) is 1. The Bertz CT molecular complexity index is 378. The van der Waals surface area contributed by atoms with E-state index in [1.807, 2.05) is 0 Å². The standard InChI is InChI=1S/C14H20N2/c1-10-8-16(9-13(10)15)14-7-6-11-4-2-3-5-12(11)14/h2-5,10,13-14H,6-9,15H2,1H3. The number of nitrogens with two attached hydrogens (primary N) is 1. The van der Waals surface area contributed by atoms with Crippen molar-refractivity contribution in [2.75, 3.05) is 13.1 Å². The lowest BCUT2D eigenvalue weighted by molar-refractivity contribution is 0.236. The van der Waals surface area contributed by atoms with Crippen molar-refractivity contribution >= 4 is 0 Å². The van der Waals surface area contributed by atoms with E-state index in [1.165, 1.54) is 19.4 Å². The van der Waals surface area contributed by atoms with Crippen LogP contribution in [0.25, 0.3) is 0 Å². The van der Waals surface area contributed by atoms with Gasteiger partial charge in [0.05, 0.1) is 0 Å². The van der Waals surface area contributed by atoms with Gasteiger partial charge in [-0.1, -0.05) is 31.2 Å². The number of likely N-dealkylation sites (tertiary alicyclic amines) is 1. The lowest BCUT2D eigenvalue weighted by Gasteiger charge is -2.24. The molecule has 1 aliphatic heterocycles. The van der Waals surface area contributed by atoms with Gasteiger partial charge in [-0.2, -0.15) is 0 Å². The number of rotatable bonds is 1. The van der Waals surface area contributed by atoms with Crippen LogP contribution in [-0.4, -0.2) is 24.0 Å². The average Bonchev–Trinajstić information content (AvgIpc) is 2.83. The summed E-state index contributed by atoms with van der Waals surface area (Å²) in [7, 11) is 0. The maximum Gasteiger partial charge on any atom is 0.0354 e. The van der Waals surface area contributed by atoms with Crippen molar-refractivity contribution in [1.82, 2.24) is 4.90 Å². The van der Waals surface area contributed by atoms with Crippen LogP contribution in [0.4, 0.5) is 0 Å². The van der Waals surface area contributed by atoms with Crippen molar-refractivity contribution in [3.63, 3.8) is 0 Å². The molecular formula is C14H20N2. The molecule has 16 heavy (non-hydrogen) atoms. The van der Waals surface area contributed by atoms with Crippen molar-refractivity contribution in [2.45, 2.75) is 31.8 Å². The van der Waals surface area contributed by atoms with Crippen LogP contribution in [0.1, 0.15) is 30.5 Å². The maximum absolute atomic E-state index is 6.11. The lowest BCUT2D eigenvalue weighted by atomic mass is 10.1. The molecule has 1 aromatic rings. The monoisotopic (exact) mass is 216 g/mol. The molecule has 3 atom stereocenters. The third-order valence-corrected chi connectivity index (χ3v) is 4.24. The molecule has 0 saturated carbocycles. The van der Waals surface area contributed by atoms with E-state index in [0.717, 1.165) is 6.54 Å². The largest absolute Gasteiger partial charge is 0.326 e. The molecule has 3 unspecified atom stereocenters. The molecule has 0 spiro atoms. The van der Waals surface area contributed by atoms with E-state index in [1.54, 1.807) is 11.1 Å². The Kier molecular flexibility index (Phi) is 2.49. The Labute approximate surface area is 97.4 Å². The van der Waals surface area contributed by atoms with E-state index in [4.69, 9.17) is 5.73 Å². The molecule has 0 aromatic heterocycles. The average molecular weight is 216 g/mol. The molecule has 0 bridgehead atoms. The van der Waals surface area contributed by atoms with E-state index < -0.39 is 0 Å². The zero-order valence-electron chi connectivity index (χ0n) is 9.89. The van der Waals surface area contributed by atoms with Crippen LogP contribution in [0, 0.1) is 5.92 Å². The summed E-state index contributed by atoms with van der Waals surface area (Å²) in [5.74, 6) is 0.646. The summed E-state index contributed by atoms with van der Waals surface area (Å²) in [6.45, 7) is 4.51. The Balaban J connectivity index is 1.83. The minimum Gasteiger partial charge on any atom is -0.326 e. The highest BCUT2D eigenvalue weighted by atomic mass is 15.2. The highest BCUT2D eigenvalue weighted by molar-refractivity contribution is 5.34. The van der Waals surface area contributed by atoms with Crippen LogP contribution in [0.2, 0.25) is 0 Å². The van der Waals surface area contributed by atoms with Gasteiger partial charge in [0.1, 0.15) is 0 Å². The topological polar surface area (TPSA) is 29.3 Å². The molecule has 3 rings (SSSR count). The highest BCUT2D eigenvalue weighted by Crippen LogP contribution is 2.37. The summed E-state index contributed by atoms with van der Waals surface area (Å²) in [6, 6.07) is 9.88. The third kappa shape index (κ3) is 1.57. The normalized spacial score (nSPS) is 34.2. The number of benzene rings is 1. The zero-order valence-corrected chi connectivity index (χ0v) is 9.89. The summed E-state index contributed by atoms with van der Waals surface area (Å²) in [5.41, 5.74) is 9.20. The van der Waals surface area contributed by atoms with Crippen LogP contribution in [0.15, 0.2) is 24.3 Å². The van der Waals surface area contributed by atoms with E-state index in [9.17, 15) is 0 Å². The zero-order chi connectivity index (χ0) is 11.1. The predicted molar refractivity (Wildman–Crippen MR) is 66.2 cm³/mol. The van der Waals surface area contributed by atoms with E-state index >= 15 is 0 Å². The summed E-state index contributed by atoms with van der Waals surface area (Å²) in [4.78, 5) is 2.58. The molecule has 2 N–H and O–H groups in total. The van der Waals surface area contributed by atoms with Gasteiger partial charge in [0, 0.05) is 25.2 Å². The first kappa shape index (κ1) is 10.3. The Morgan fingerprint density at radius 1 is 1.25 bits per heavy atom. The van der Waals surface area contributed by atoms with Crippen LogP contribution in [-0.2, 0) is 6.42 Å². The van der Waals surface area contributed by atoms with Gasteiger partial charge in [-0.25, -0.2) is 0 Å².